The molecular formula is C17H26N4O3. The summed E-state index contributed by atoms with van der Waals surface area (Å²) >= 11 is 0. The number of hydrogen-bond donors (Lipinski definition) is 0. The summed E-state index contributed by atoms with van der Waals surface area (Å²) in [5.74, 6) is -0.00141. The molecule has 7 heteroatoms. The molecule has 1 spiro atoms. The van der Waals surface area contributed by atoms with Crippen LogP contribution in [0.2, 0.25) is 0 Å². The Hall–Kier alpha value is -2.05. The number of ether oxygens (including phenoxy) is 1. The Morgan fingerprint density at radius 3 is 2.71 bits per heavy atom. The highest BCUT2D eigenvalue weighted by Crippen LogP contribution is 2.35. The summed E-state index contributed by atoms with van der Waals surface area (Å²) in [5.41, 5.74) is 0.181. The maximum atomic E-state index is 12.5. The zero-order chi connectivity index (χ0) is 17.3. The summed E-state index contributed by atoms with van der Waals surface area (Å²) in [4.78, 5) is 28.4. The van der Waals surface area contributed by atoms with E-state index < -0.39 is 5.60 Å². The molecule has 3 rings (SSSR count). The van der Waals surface area contributed by atoms with Gasteiger partial charge in [-0.3, -0.25) is 9.48 Å². The highest BCUT2D eigenvalue weighted by Gasteiger charge is 2.48. The number of piperidine rings is 1. The summed E-state index contributed by atoms with van der Waals surface area (Å²) in [6.45, 7) is 6.05. The molecule has 2 saturated heterocycles. The molecule has 1 atom stereocenters. The molecule has 2 aliphatic heterocycles. The van der Waals surface area contributed by atoms with Crippen LogP contribution in [0, 0.1) is 0 Å². The zero-order valence-electron chi connectivity index (χ0n) is 14.7. The average Bonchev–Trinajstić information content (AvgIpc) is 3.12. The minimum Gasteiger partial charge on any atom is -0.441 e. The van der Waals surface area contributed by atoms with Crippen LogP contribution in [0.25, 0.3) is 0 Å². The molecule has 132 valence electrons. The maximum Gasteiger partial charge on any atom is 0.410 e. The van der Waals surface area contributed by atoms with E-state index in [4.69, 9.17) is 4.74 Å². The molecule has 0 unspecified atom stereocenters. The summed E-state index contributed by atoms with van der Waals surface area (Å²) in [6, 6.07) is 0.205. The quantitative estimate of drug-likeness (QED) is 0.845. The second-order valence-electron chi connectivity index (χ2n) is 7.01. The molecule has 3 heterocycles. The van der Waals surface area contributed by atoms with Crippen LogP contribution >= 0.6 is 0 Å². The van der Waals surface area contributed by atoms with Crippen molar-refractivity contribution in [3.63, 3.8) is 0 Å². The van der Waals surface area contributed by atoms with Crippen molar-refractivity contribution in [2.75, 3.05) is 19.6 Å². The van der Waals surface area contributed by atoms with E-state index >= 15 is 0 Å². The van der Waals surface area contributed by atoms with Crippen LogP contribution in [-0.4, -0.2) is 62.9 Å². The van der Waals surface area contributed by atoms with Gasteiger partial charge in [-0.2, -0.15) is 5.10 Å². The molecule has 0 radical (unpaired) electrons. The van der Waals surface area contributed by atoms with E-state index in [1.54, 1.807) is 24.1 Å². The third kappa shape index (κ3) is 3.12. The third-order valence-electron chi connectivity index (χ3n) is 5.15. The molecule has 2 fully saturated rings. The molecular weight excluding hydrogens is 308 g/mol. The van der Waals surface area contributed by atoms with Gasteiger partial charge in [0.2, 0.25) is 0 Å². The Bertz CT molecular complexity index is 619. The van der Waals surface area contributed by atoms with Gasteiger partial charge in [0.1, 0.15) is 5.60 Å². The maximum absolute atomic E-state index is 12.5. The van der Waals surface area contributed by atoms with Crippen molar-refractivity contribution >= 4 is 12.0 Å². The van der Waals surface area contributed by atoms with Crippen molar-refractivity contribution in [2.24, 2.45) is 7.05 Å². The first-order valence-electron chi connectivity index (χ1n) is 8.71. The van der Waals surface area contributed by atoms with Gasteiger partial charge in [-0.05, 0) is 13.3 Å². The fraction of sp³-hybridized carbons (Fsp3) is 0.706. The number of likely N-dealkylation sites (tertiary alicyclic amines) is 1. The molecule has 0 bridgehead atoms. The molecule has 7 nitrogen and oxygen atoms in total. The molecule has 0 saturated carbocycles. The van der Waals surface area contributed by atoms with Crippen LogP contribution in [0.1, 0.15) is 49.9 Å². The molecule has 0 aliphatic carbocycles. The predicted octanol–water partition coefficient (Wildman–Crippen LogP) is 2.04. The van der Waals surface area contributed by atoms with Crippen LogP contribution in [0.5, 0.6) is 0 Å². The largest absolute Gasteiger partial charge is 0.441 e. The number of carbonyl (C=O) groups excluding carboxylic acids is 2. The first kappa shape index (κ1) is 16.8. The van der Waals surface area contributed by atoms with Crippen LogP contribution in [-0.2, 0) is 11.8 Å². The van der Waals surface area contributed by atoms with Gasteiger partial charge in [0.25, 0.3) is 5.91 Å². The van der Waals surface area contributed by atoms with Gasteiger partial charge in [-0.25, -0.2) is 4.79 Å². The zero-order valence-corrected chi connectivity index (χ0v) is 14.7. The van der Waals surface area contributed by atoms with Gasteiger partial charge >= 0.3 is 6.09 Å². The monoisotopic (exact) mass is 334 g/mol. The second-order valence-corrected chi connectivity index (χ2v) is 7.01. The molecule has 0 N–H and O–H groups in total. The summed E-state index contributed by atoms with van der Waals surface area (Å²) < 4.78 is 7.37. The Balaban J connectivity index is 1.60. The van der Waals surface area contributed by atoms with Gasteiger partial charge in [0.15, 0.2) is 0 Å². The van der Waals surface area contributed by atoms with Crippen molar-refractivity contribution in [2.45, 2.75) is 51.2 Å². The van der Waals surface area contributed by atoms with Crippen LogP contribution < -0.4 is 0 Å². The lowest BCUT2D eigenvalue weighted by atomic mass is 9.90. The van der Waals surface area contributed by atoms with Gasteiger partial charge < -0.3 is 14.5 Å². The fourth-order valence-electron chi connectivity index (χ4n) is 3.65. The summed E-state index contributed by atoms with van der Waals surface area (Å²) in [6.07, 6.45) is 6.54. The first-order valence-corrected chi connectivity index (χ1v) is 8.71. The second kappa shape index (κ2) is 6.45. The SMILES string of the molecule is CCC[C@H](C)N1CC2(CCN(C(=O)c3cnn(C)c3)CC2)OC1=O. The normalized spacial score (nSPS) is 21.2. The van der Waals surface area contributed by atoms with Gasteiger partial charge in [0.05, 0.1) is 18.3 Å². The van der Waals surface area contributed by atoms with Gasteiger partial charge in [0, 0.05) is 45.2 Å². The number of nitrogens with zero attached hydrogens (tertiary/aromatic N) is 4. The topological polar surface area (TPSA) is 67.7 Å². The van der Waals surface area contributed by atoms with Gasteiger partial charge in [-0.15, -0.1) is 0 Å². The summed E-state index contributed by atoms with van der Waals surface area (Å²) in [5, 5.41) is 4.05. The molecule has 0 aromatic carbocycles. The smallest absolute Gasteiger partial charge is 0.410 e. The Morgan fingerprint density at radius 2 is 2.12 bits per heavy atom. The standard InChI is InChI=1S/C17H26N4O3/c1-4-5-13(2)21-12-17(24-16(21)23)6-8-20(9-7-17)15(22)14-10-18-19(3)11-14/h10-11,13H,4-9,12H2,1-3H3/t13-/m0/s1. The van der Waals surface area contributed by atoms with Crippen LogP contribution in [0.3, 0.4) is 0 Å². The van der Waals surface area contributed by atoms with E-state index in [1.165, 1.54) is 0 Å². The molecule has 2 amide bonds. The van der Waals surface area contributed by atoms with Crippen molar-refractivity contribution < 1.29 is 14.3 Å². The van der Waals surface area contributed by atoms with E-state index in [9.17, 15) is 9.59 Å². The number of aromatic nitrogens is 2. The van der Waals surface area contributed by atoms with Crippen LogP contribution in [0.15, 0.2) is 12.4 Å². The number of carbonyl (C=O) groups is 2. The third-order valence-corrected chi connectivity index (χ3v) is 5.15. The van der Waals surface area contributed by atoms with E-state index in [0.717, 1.165) is 12.8 Å². The average molecular weight is 334 g/mol. The van der Waals surface area contributed by atoms with Crippen molar-refractivity contribution in [1.82, 2.24) is 19.6 Å². The molecule has 2 aliphatic rings. The van der Waals surface area contributed by atoms with E-state index in [1.807, 2.05) is 9.80 Å². The fourth-order valence-corrected chi connectivity index (χ4v) is 3.65. The lowest BCUT2D eigenvalue weighted by Gasteiger charge is -2.37. The highest BCUT2D eigenvalue weighted by molar-refractivity contribution is 5.93. The number of rotatable bonds is 4. The Labute approximate surface area is 142 Å². The minimum absolute atomic E-state index is 0.00141. The summed E-state index contributed by atoms with van der Waals surface area (Å²) in [7, 11) is 1.80. The van der Waals surface area contributed by atoms with E-state index in [2.05, 4.69) is 18.9 Å². The molecule has 24 heavy (non-hydrogen) atoms. The highest BCUT2D eigenvalue weighted by atomic mass is 16.6. The first-order chi connectivity index (χ1) is 11.4. The Morgan fingerprint density at radius 1 is 1.42 bits per heavy atom. The van der Waals surface area contributed by atoms with Crippen LogP contribution in [0.4, 0.5) is 4.79 Å². The lowest BCUT2D eigenvalue weighted by molar-refractivity contribution is 0.00306. The molecule has 1 aromatic heterocycles. The number of aryl methyl sites for hydroxylation is 1. The van der Waals surface area contributed by atoms with Crippen molar-refractivity contribution in [3.8, 4) is 0 Å². The number of amides is 2. The molecule has 1 aromatic rings. The number of hydrogen-bond acceptors (Lipinski definition) is 4. The van der Waals surface area contributed by atoms with E-state index in [0.29, 0.717) is 38.0 Å². The Kier molecular flexibility index (Phi) is 4.51. The van der Waals surface area contributed by atoms with Crippen molar-refractivity contribution in [1.29, 1.82) is 0 Å². The minimum atomic E-state index is -0.426. The van der Waals surface area contributed by atoms with Gasteiger partial charge in [-0.1, -0.05) is 13.3 Å². The van der Waals surface area contributed by atoms with E-state index in [-0.39, 0.29) is 18.0 Å². The lowest BCUT2D eigenvalue weighted by Crippen LogP contribution is -2.49. The van der Waals surface area contributed by atoms with Crippen molar-refractivity contribution in [3.05, 3.63) is 18.0 Å². The predicted molar refractivity (Wildman–Crippen MR) is 88.6 cm³/mol.